The second-order valence-electron chi connectivity index (χ2n) is 7.58. The van der Waals surface area contributed by atoms with Crippen molar-refractivity contribution < 1.29 is 37.1 Å². The van der Waals surface area contributed by atoms with E-state index in [0.29, 0.717) is 23.3 Å². The van der Waals surface area contributed by atoms with Gasteiger partial charge < -0.3 is 18.9 Å². The topological polar surface area (TPSA) is 141 Å². The summed E-state index contributed by atoms with van der Waals surface area (Å²) in [5.74, 6) is -4.32. The minimum atomic E-state index is -4.03. The van der Waals surface area contributed by atoms with Gasteiger partial charge in [-0.1, -0.05) is 11.3 Å². The van der Waals surface area contributed by atoms with E-state index in [4.69, 9.17) is 9.47 Å². The molecule has 1 aromatic heterocycles. The summed E-state index contributed by atoms with van der Waals surface area (Å²) in [6.07, 6.45) is 1.65. The van der Waals surface area contributed by atoms with Crippen molar-refractivity contribution in [1.29, 1.82) is 0 Å². The van der Waals surface area contributed by atoms with Crippen molar-refractivity contribution >= 4 is 55.1 Å². The number of hydrogen-bond donors (Lipinski definition) is 0. The van der Waals surface area contributed by atoms with Crippen LogP contribution in [0, 0.1) is 0 Å². The second kappa shape index (κ2) is 10.9. The van der Waals surface area contributed by atoms with E-state index in [1.54, 1.807) is 13.0 Å². The number of esters is 2. The summed E-state index contributed by atoms with van der Waals surface area (Å²) >= 11 is 1.00. The maximum absolute atomic E-state index is 12.5. The summed E-state index contributed by atoms with van der Waals surface area (Å²) in [4.78, 5) is 54.1. The number of nitrogens with zero attached hydrogens (tertiary/aromatic N) is 3. The number of carbonyl (C=O) groups is 4. The van der Waals surface area contributed by atoms with Gasteiger partial charge in [0.25, 0.3) is 5.91 Å². The number of rotatable bonds is 8. The van der Waals surface area contributed by atoms with Crippen LogP contribution in [0.25, 0.3) is 10.2 Å². The molecule has 0 aliphatic carbocycles. The Morgan fingerprint density at radius 1 is 1.12 bits per heavy atom. The molecule has 2 amide bonds. The summed E-state index contributed by atoms with van der Waals surface area (Å²) in [6, 6.07) is 4.61. The number of sulfone groups is 1. The Hall–Kier alpha value is -3.06. The number of carbonyl (C=O) groups excluding carboxylic acids is 4. The molecule has 2 heterocycles. The van der Waals surface area contributed by atoms with E-state index in [0.717, 1.165) is 24.2 Å². The minimum absolute atomic E-state index is 0.0659. The normalized spacial score (nSPS) is 14.4. The zero-order valence-electron chi connectivity index (χ0n) is 18.8. The molecule has 1 fully saturated rings. The highest BCUT2D eigenvalue weighted by Gasteiger charge is 2.26. The summed E-state index contributed by atoms with van der Waals surface area (Å²) in [6.45, 7) is 2.56. The molecule has 0 radical (unpaired) electrons. The Morgan fingerprint density at radius 2 is 1.82 bits per heavy atom. The van der Waals surface area contributed by atoms with E-state index in [2.05, 4.69) is 4.99 Å². The standard InChI is InChI=1S/C21H25N3O8S2/c1-3-32-19(27)11-24-15-7-6-14(20(28)31-2)10-16(15)33-21(24)22-17(25)12-34(29,30)13-18(26)23-8-4-5-9-23/h6-7,10H,3-5,8-9,11-13H2,1-2H3. The SMILES string of the molecule is CCOC(=O)Cn1c(=NC(=O)CS(=O)(=O)CC(=O)N2CCCC2)sc2cc(C(=O)OC)ccc21. The number of likely N-dealkylation sites (tertiary alicyclic amines) is 1. The smallest absolute Gasteiger partial charge is 0.337 e. The Bertz CT molecular complexity index is 1290. The van der Waals surface area contributed by atoms with Crippen LogP contribution >= 0.6 is 11.3 Å². The van der Waals surface area contributed by atoms with Crippen molar-refractivity contribution in [3.8, 4) is 0 Å². The van der Waals surface area contributed by atoms with Crippen LogP contribution < -0.4 is 4.80 Å². The minimum Gasteiger partial charge on any atom is -0.465 e. The van der Waals surface area contributed by atoms with Gasteiger partial charge in [0.1, 0.15) is 18.1 Å². The van der Waals surface area contributed by atoms with Crippen LogP contribution in [0.3, 0.4) is 0 Å². The summed E-state index contributed by atoms with van der Waals surface area (Å²) in [7, 11) is -2.78. The van der Waals surface area contributed by atoms with Gasteiger partial charge in [-0.25, -0.2) is 13.2 Å². The molecule has 0 atom stereocenters. The molecule has 1 aliphatic rings. The third-order valence-electron chi connectivity index (χ3n) is 5.06. The highest BCUT2D eigenvalue weighted by molar-refractivity contribution is 7.92. The van der Waals surface area contributed by atoms with E-state index in [1.807, 2.05) is 0 Å². The first-order valence-corrected chi connectivity index (χ1v) is 13.2. The largest absolute Gasteiger partial charge is 0.465 e. The molecule has 1 aromatic carbocycles. The lowest BCUT2D eigenvalue weighted by Crippen LogP contribution is -2.35. The summed E-state index contributed by atoms with van der Waals surface area (Å²) in [5.41, 5.74) is 0.768. The molecule has 0 bridgehead atoms. The Balaban J connectivity index is 1.91. The van der Waals surface area contributed by atoms with Crippen LogP contribution in [0.15, 0.2) is 23.2 Å². The van der Waals surface area contributed by atoms with Gasteiger partial charge >= 0.3 is 11.9 Å². The van der Waals surface area contributed by atoms with Gasteiger partial charge in [0, 0.05) is 13.1 Å². The van der Waals surface area contributed by atoms with Crippen LogP contribution in [0.1, 0.15) is 30.1 Å². The van der Waals surface area contributed by atoms with Crippen LogP contribution in [0.4, 0.5) is 0 Å². The first-order chi connectivity index (χ1) is 16.1. The zero-order chi connectivity index (χ0) is 24.9. The number of thiazole rings is 1. The van der Waals surface area contributed by atoms with Gasteiger partial charge in [0.05, 0.1) is 29.5 Å². The van der Waals surface area contributed by atoms with Gasteiger partial charge in [-0.05, 0) is 38.0 Å². The fourth-order valence-corrected chi connectivity index (χ4v) is 5.70. The van der Waals surface area contributed by atoms with E-state index >= 15 is 0 Å². The first-order valence-electron chi connectivity index (χ1n) is 10.6. The molecule has 0 unspecified atom stereocenters. The summed E-state index contributed by atoms with van der Waals surface area (Å²) in [5, 5.41) is 0. The van der Waals surface area contributed by atoms with E-state index in [-0.39, 0.29) is 23.5 Å². The van der Waals surface area contributed by atoms with Crippen molar-refractivity contribution in [1.82, 2.24) is 9.47 Å². The third kappa shape index (κ3) is 6.29. The lowest BCUT2D eigenvalue weighted by Gasteiger charge is -2.14. The van der Waals surface area contributed by atoms with Gasteiger partial charge in [-0.15, -0.1) is 0 Å². The Kier molecular flexibility index (Phi) is 8.20. The number of amides is 2. The molecular weight excluding hydrogens is 486 g/mol. The van der Waals surface area contributed by atoms with Crippen molar-refractivity contribution in [2.75, 3.05) is 38.3 Å². The summed E-state index contributed by atoms with van der Waals surface area (Å²) < 4.78 is 36.5. The molecule has 2 aromatic rings. The highest BCUT2D eigenvalue weighted by atomic mass is 32.2. The van der Waals surface area contributed by atoms with Gasteiger partial charge in [-0.2, -0.15) is 4.99 Å². The predicted molar refractivity (Wildman–Crippen MR) is 123 cm³/mol. The van der Waals surface area contributed by atoms with Crippen LogP contribution in [0.5, 0.6) is 0 Å². The Labute approximate surface area is 199 Å². The highest BCUT2D eigenvalue weighted by Crippen LogP contribution is 2.20. The fourth-order valence-electron chi connectivity index (χ4n) is 3.52. The molecule has 184 valence electrons. The monoisotopic (exact) mass is 511 g/mol. The number of fused-ring (bicyclic) bond motifs is 1. The maximum atomic E-state index is 12.5. The Morgan fingerprint density at radius 3 is 2.47 bits per heavy atom. The van der Waals surface area contributed by atoms with Crippen LogP contribution in [-0.4, -0.2) is 79.9 Å². The second-order valence-corrected chi connectivity index (χ2v) is 10.6. The number of ether oxygens (including phenoxy) is 2. The molecular formula is C21H25N3O8S2. The van der Waals surface area contributed by atoms with E-state index in [1.165, 1.54) is 28.7 Å². The molecule has 13 heteroatoms. The number of methoxy groups -OCH3 is 1. The van der Waals surface area contributed by atoms with Gasteiger partial charge in [0.2, 0.25) is 5.91 Å². The van der Waals surface area contributed by atoms with Crippen LogP contribution in [0.2, 0.25) is 0 Å². The van der Waals surface area contributed by atoms with Crippen molar-refractivity contribution in [2.45, 2.75) is 26.3 Å². The zero-order valence-corrected chi connectivity index (χ0v) is 20.4. The first kappa shape index (κ1) is 25.6. The molecule has 34 heavy (non-hydrogen) atoms. The third-order valence-corrected chi connectivity index (χ3v) is 7.48. The van der Waals surface area contributed by atoms with Gasteiger partial charge in [-0.3, -0.25) is 14.4 Å². The van der Waals surface area contributed by atoms with E-state index in [9.17, 15) is 27.6 Å². The molecule has 3 rings (SSSR count). The lowest BCUT2D eigenvalue weighted by atomic mass is 10.2. The number of aromatic nitrogens is 1. The average molecular weight is 512 g/mol. The quantitative estimate of drug-likeness (QED) is 0.467. The molecule has 1 saturated heterocycles. The predicted octanol–water partition coefficient (Wildman–Crippen LogP) is 0.517. The van der Waals surface area contributed by atoms with Crippen molar-refractivity contribution in [3.05, 3.63) is 28.6 Å². The lowest BCUT2D eigenvalue weighted by molar-refractivity contribution is -0.143. The molecule has 0 saturated carbocycles. The average Bonchev–Trinajstić information content (AvgIpc) is 3.41. The molecule has 0 N–H and O–H groups in total. The fraction of sp³-hybridized carbons (Fsp3) is 0.476. The molecule has 0 spiro atoms. The molecule has 1 aliphatic heterocycles. The van der Waals surface area contributed by atoms with Gasteiger partial charge in [0.15, 0.2) is 14.6 Å². The number of hydrogen-bond acceptors (Lipinski definition) is 9. The molecule has 11 nitrogen and oxygen atoms in total. The van der Waals surface area contributed by atoms with Crippen LogP contribution in [-0.2, 0) is 40.2 Å². The van der Waals surface area contributed by atoms with Crippen molar-refractivity contribution in [3.63, 3.8) is 0 Å². The number of benzene rings is 1. The van der Waals surface area contributed by atoms with E-state index < -0.39 is 45.1 Å². The maximum Gasteiger partial charge on any atom is 0.337 e. The van der Waals surface area contributed by atoms with Crippen molar-refractivity contribution in [2.24, 2.45) is 4.99 Å².